The monoisotopic (exact) mass is 425 g/mol. The van der Waals surface area contributed by atoms with Gasteiger partial charge in [-0.05, 0) is 64.9 Å². The highest BCUT2D eigenvalue weighted by Crippen LogP contribution is 2.37. The number of alkyl halides is 2. The van der Waals surface area contributed by atoms with Crippen LogP contribution < -0.4 is 0 Å². The van der Waals surface area contributed by atoms with E-state index in [1.165, 1.54) is 0 Å². The lowest BCUT2D eigenvalue weighted by molar-refractivity contribution is 0.0813. The molecule has 0 bridgehead atoms. The van der Waals surface area contributed by atoms with Crippen LogP contribution >= 0.6 is 45.2 Å². The smallest absolute Gasteiger partial charge is 0.410 e. The van der Waals surface area contributed by atoms with E-state index in [0.717, 1.165) is 12.8 Å². The highest BCUT2D eigenvalue weighted by atomic mass is 127. The van der Waals surface area contributed by atoms with Crippen LogP contribution in [-0.4, -0.2) is 36.9 Å². The molecule has 1 aliphatic rings. The maximum absolute atomic E-state index is 11.5. The Morgan fingerprint density at radius 3 is 2.86 bits per heavy atom. The Labute approximate surface area is 111 Å². The molecule has 1 fully saturated rings. The largest absolute Gasteiger partial charge is 0.450 e. The van der Waals surface area contributed by atoms with Crippen molar-refractivity contribution in [1.82, 2.24) is 4.90 Å². The third-order valence-electron chi connectivity index (χ3n) is 2.16. The number of hydrogen-bond acceptors (Lipinski definition) is 3. The van der Waals surface area contributed by atoms with E-state index < -0.39 is 1.61 Å². The van der Waals surface area contributed by atoms with Gasteiger partial charge in [0.15, 0.2) is 1.61 Å². The Bertz CT molecular complexity index is 217. The van der Waals surface area contributed by atoms with Crippen molar-refractivity contribution in [3.8, 4) is 0 Å². The van der Waals surface area contributed by atoms with Crippen LogP contribution in [0.5, 0.6) is 0 Å². The number of ether oxygens (including phenoxy) is 1. The Hall–Kier alpha value is 0.690. The lowest BCUT2D eigenvalue weighted by atomic mass is 10.2. The van der Waals surface area contributed by atoms with Gasteiger partial charge in [0.05, 0.1) is 12.6 Å². The third kappa shape index (κ3) is 3.09. The first-order valence-electron chi connectivity index (χ1n) is 4.50. The normalized spacial score (nSPS) is 22.6. The van der Waals surface area contributed by atoms with E-state index in [9.17, 15) is 9.90 Å². The standard InChI is InChI=1S/C8H13I2NO3/c1-2-14-7(12)11-5-3-4-6(11)8(9,10)13/h6,13H,2-5H2,1H3/t6-/m0/s1. The van der Waals surface area contributed by atoms with Gasteiger partial charge in [-0.15, -0.1) is 0 Å². The number of halogens is 2. The van der Waals surface area contributed by atoms with E-state index in [0.29, 0.717) is 13.2 Å². The molecule has 0 aromatic carbocycles. The fraction of sp³-hybridized carbons (Fsp3) is 0.875. The summed E-state index contributed by atoms with van der Waals surface area (Å²) in [5, 5.41) is 9.83. The number of likely N-dealkylation sites (tertiary alicyclic amines) is 1. The molecule has 0 saturated carbocycles. The van der Waals surface area contributed by atoms with Crippen LogP contribution in [0, 0.1) is 0 Å². The lowest BCUT2D eigenvalue weighted by Crippen LogP contribution is -2.45. The Balaban J connectivity index is 2.64. The average Bonchev–Trinajstić information content (AvgIpc) is 2.50. The van der Waals surface area contributed by atoms with Crippen LogP contribution in [0.4, 0.5) is 4.79 Å². The summed E-state index contributed by atoms with van der Waals surface area (Å²) in [6.07, 6.45) is 1.45. The zero-order valence-corrected chi connectivity index (χ0v) is 12.2. The van der Waals surface area contributed by atoms with Gasteiger partial charge in [0.25, 0.3) is 0 Å². The molecule has 0 spiro atoms. The minimum absolute atomic E-state index is 0.136. The molecule has 0 aromatic heterocycles. The second kappa shape index (κ2) is 5.15. The first-order valence-corrected chi connectivity index (χ1v) is 6.66. The van der Waals surface area contributed by atoms with Crippen LogP contribution in [0.25, 0.3) is 0 Å². The Morgan fingerprint density at radius 1 is 1.71 bits per heavy atom. The van der Waals surface area contributed by atoms with Crippen molar-refractivity contribution in [2.45, 2.75) is 27.4 Å². The molecule has 14 heavy (non-hydrogen) atoms. The summed E-state index contributed by atoms with van der Waals surface area (Å²) in [4.78, 5) is 13.1. The number of carbonyl (C=O) groups excluding carboxylic acids is 1. The first kappa shape index (κ1) is 12.8. The summed E-state index contributed by atoms with van der Waals surface area (Å²) in [7, 11) is 0. The number of hydrogen-bond donors (Lipinski definition) is 1. The van der Waals surface area contributed by atoms with Gasteiger partial charge < -0.3 is 14.7 Å². The number of rotatable bonds is 2. The molecule has 1 heterocycles. The van der Waals surface area contributed by atoms with Gasteiger partial charge in [-0.2, -0.15) is 0 Å². The van der Waals surface area contributed by atoms with Crippen molar-refractivity contribution < 1.29 is 14.6 Å². The number of amides is 1. The summed E-state index contributed by atoms with van der Waals surface area (Å²) in [5.74, 6) is 0. The van der Waals surface area contributed by atoms with Gasteiger partial charge in [-0.1, -0.05) is 0 Å². The van der Waals surface area contributed by atoms with Crippen molar-refractivity contribution >= 4 is 51.3 Å². The molecule has 0 unspecified atom stereocenters. The predicted molar refractivity (Wildman–Crippen MR) is 69.7 cm³/mol. The molecule has 1 rings (SSSR count). The van der Waals surface area contributed by atoms with Gasteiger partial charge in [0.2, 0.25) is 0 Å². The molecule has 1 saturated heterocycles. The molecule has 0 aromatic rings. The summed E-state index contributed by atoms with van der Waals surface area (Å²) in [6.45, 7) is 2.84. The summed E-state index contributed by atoms with van der Waals surface area (Å²) >= 11 is 3.90. The van der Waals surface area contributed by atoms with Crippen LogP contribution in [0.15, 0.2) is 0 Å². The van der Waals surface area contributed by atoms with Gasteiger partial charge in [-0.25, -0.2) is 4.79 Å². The van der Waals surface area contributed by atoms with E-state index in [2.05, 4.69) is 0 Å². The quantitative estimate of drug-likeness (QED) is 0.545. The van der Waals surface area contributed by atoms with Gasteiger partial charge in [-0.3, -0.25) is 0 Å². The molecule has 82 valence electrons. The molecule has 1 atom stereocenters. The van der Waals surface area contributed by atoms with Crippen LogP contribution in [0.1, 0.15) is 19.8 Å². The van der Waals surface area contributed by atoms with Crippen molar-refractivity contribution in [3.05, 3.63) is 0 Å². The minimum Gasteiger partial charge on any atom is -0.450 e. The maximum Gasteiger partial charge on any atom is 0.410 e. The second-order valence-electron chi connectivity index (χ2n) is 3.14. The van der Waals surface area contributed by atoms with Gasteiger partial charge >= 0.3 is 6.09 Å². The van der Waals surface area contributed by atoms with Crippen LogP contribution in [-0.2, 0) is 4.74 Å². The summed E-state index contributed by atoms with van der Waals surface area (Å²) in [6, 6.07) is -0.136. The summed E-state index contributed by atoms with van der Waals surface area (Å²) in [5.41, 5.74) is 0. The van der Waals surface area contributed by atoms with Crippen molar-refractivity contribution in [2.24, 2.45) is 0 Å². The molecule has 0 aliphatic carbocycles. The Kier molecular flexibility index (Phi) is 4.69. The zero-order valence-electron chi connectivity index (χ0n) is 7.87. The Morgan fingerprint density at radius 2 is 2.36 bits per heavy atom. The van der Waals surface area contributed by atoms with E-state index >= 15 is 0 Å². The van der Waals surface area contributed by atoms with Gasteiger partial charge in [0, 0.05) is 6.54 Å². The van der Waals surface area contributed by atoms with E-state index in [4.69, 9.17) is 4.74 Å². The average molecular weight is 425 g/mol. The predicted octanol–water partition coefficient (Wildman–Crippen LogP) is 2.12. The molecule has 0 radical (unpaired) electrons. The first-order chi connectivity index (χ1) is 6.46. The summed E-state index contributed by atoms with van der Waals surface area (Å²) < 4.78 is 4.02. The molecular weight excluding hydrogens is 412 g/mol. The second-order valence-corrected chi connectivity index (χ2v) is 8.49. The van der Waals surface area contributed by atoms with E-state index in [1.54, 1.807) is 11.8 Å². The number of carbonyl (C=O) groups is 1. The molecule has 6 heteroatoms. The third-order valence-corrected chi connectivity index (χ3v) is 3.59. The van der Waals surface area contributed by atoms with Crippen molar-refractivity contribution in [3.63, 3.8) is 0 Å². The molecule has 1 aliphatic heterocycles. The zero-order chi connectivity index (χ0) is 10.8. The highest BCUT2D eigenvalue weighted by Gasteiger charge is 2.41. The fourth-order valence-electron chi connectivity index (χ4n) is 1.55. The number of aliphatic hydroxyl groups is 1. The van der Waals surface area contributed by atoms with Crippen molar-refractivity contribution in [1.29, 1.82) is 0 Å². The topological polar surface area (TPSA) is 49.8 Å². The molecule has 4 nitrogen and oxygen atoms in total. The van der Waals surface area contributed by atoms with Crippen LogP contribution in [0.2, 0.25) is 0 Å². The van der Waals surface area contributed by atoms with E-state index in [-0.39, 0.29) is 12.1 Å². The van der Waals surface area contributed by atoms with E-state index in [1.807, 2.05) is 45.2 Å². The van der Waals surface area contributed by atoms with Crippen molar-refractivity contribution in [2.75, 3.05) is 13.2 Å². The maximum atomic E-state index is 11.5. The fourth-order valence-corrected chi connectivity index (χ4v) is 2.85. The minimum atomic E-state index is -0.904. The number of nitrogens with zero attached hydrogens (tertiary/aromatic N) is 1. The van der Waals surface area contributed by atoms with Gasteiger partial charge in [0.1, 0.15) is 0 Å². The lowest BCUT2D eigenvalue weighted by Gasteiger charge is -2.30. The highest BCUT2D eigenvalue weighted by molar-refractivity contribution is 14.2. The SMILES string of the molecule is CCOC(=O)N1CCC[C@H]1C(O)(I)I. The van der Waals surface area contributed by atoms with Crippen LogP contribution in [0.3, 0.4) is 0 Å². The molecular formula is C8H13I2NO3. The molecule has 1 amide bonds. The molecule has 1 N–H and O–H groups in total.